The second-order valence-electron chi connectivity index (χ2n) is 8.20. The van der Waals surface area contributed by atoms with Crippen LogP contribution in [0.15, 0.2) is 48.5 Å². The van der Waals surface area contributed by atoms with Crippen molar-refractivity contribution >= 4 is 29.0 Å². The van der Waals surface area contributed by atoms with E-state index in [1.807, 2.05) is 69.3 Å². The van der Waals surface area contributed by atoms with Gasteiger partial charge in [-0.2, -0.15) is 4.98 Å². The van der Waals surface area contributed by atoms with Crippen molar-refractivity contribution < 1.29 is 4.79 Å². The number of amides is 1. The molecule has 4 rings (SSSR count). The largest absolute Gasteiger partial charge is 0.341 e. The van der Waals surface area contributed by atoms with E-state index >= 15 is 0 Å². The molecule has 0 saturated carbocycles. The van der Waals surface area contributed by atoms with E-state index in [1.54, 1.807) is 0 Å². The smallest absolute Gasteiger partial charge is 0.255 e. The average molecular weight is 416 g/mol. The Kier molecular flexibility index (Phi) is 6.16. The van der Waals surface area contributed by atoms with E-state index in [9.17, 15) is 4.79 Å². The number of anilines is 4. The highest BCUT2D eigenvalue weighted by Crippen LogP contribution is 2.22. The first-order valence-corrected chi connectivity index (χ1v) is 10.8. The van der Waals surface area contributed by atoms with Crippen LogP contribution in [0.25, 0.3) is 0 Å². The van der Waals surface area contributed by atoms with Gasteiger partial charge in [0.25, 0.3) is 5.91 Å². The molecule has 2 heterocycles. The molecule has 1 amide bonds. The van der Waals surface area contributed by atoms with Crippen molar-refractivity contribution in [1.29, 1.82) is 0 Å². The van der Waals surface area contributed by atoms with Gasteiger partial charge in [-0.15, -0.1) is 0 Å². The molecule has 0 aliphatic carbocycles. The number of benzene rings is 2. The minimum Gasteiger partial charge on any atom is -0.341 e. The fraction of sp³-hybridized carbons (Fsp3) is 0.320. The van der Waals surface area contributed by atoms with Gasteiger partial charge in [0.1, 0.15) is 5.82 Å². The standard InChI is InChI=1S/C25H29N5O/c1-17-7-8-20(15-18(17)2)24(31)28-22-11-9-21(10-12-22)27-23-16-19(3)26-25(29-23)30-13-5-4-6-14-30/h7-12,15-16H,4-6,13-14H2,1-3H3,(H,28,31)(H,26,27,29). The monoisotopic (exact) mass is 415 g/mol. The number of hydrogen-bond acceptors (Lipinski definition) is 5. The predicted octanol–water partition coefficient (Wildman–Crippen LogP) is 5.39. The molecule has 2 aromatic carbocycles. The summed E-state index contributed by atoms with van der Waals surface area (Å²) in [7, 11) is 0. The maximum absolute atomic E-state index is 12.5. The lowest BCUT2D eigenvalue weighted by molar-refractivity contribution is 0.102. The lowest BCUT2D eigenvalue weighted by atomic mass is 10.1. The number of nitrogens with one attached hydrogen (secondary N) is 2. The van der Waals surface area contributed by atoms with Crippen LogP contribution >= 0.6 is 0 Å². The van der Waals surface area contributed by atoms with E-state index in [-0.39, 0.29) is 5.91 Å². The quantitative estimate of drug-likeness (QED) is 0.585. The normalized spacial score (nSPS) is 13.7. The van der Waals surface area contributed by atoms with Crippen molar-refractivity contribution in [2.45, 2.75) is 40.0 Å². The minimum absolute atomic E-state index is 0.110. The van der Waals surface area contributed by atoms with Gasteiger partial charge in [0, 0.05) is 41.8 Å². The third kappa shape index (κ3) is 5.20. The molecule has 2 N–H and O–H groups in total. The van der Waals surface area contributed by atoms with Crippen LogP contribution in [0.2, 0.25) is 0 Å². The first-order chi connectivity index (χ1) is 15.0. The first-order valence-electron chi connectivity index (χ1n) is 10.8. The molecule has 0 atom stereocenters. The molecule has 0 radical (unpaired) electrons. The van der Waals surface area contributed by atoms with Crippen molar-refractivity contribution in [2.75, 3.05) is 28.6 Å². The lowest BCUT2D eigenvalue weighted by Gasteiger charge is -2.27. The van der Waals surface area contributed by atoms with Gasteiger partial charge in [-0.1, -0.05) is 6.07 Å². The predicted molar refractivity (Wildman–Crippen MR) is 126 cm³/mol. The number of carbonyl (C=O) groups is 1. The minimum atomic E-state index is -0.110. The van der Waals surface area contributed by atoms with Crippen molar-refractivity contribution in [3.63, 3.8) is 0 Å². The molecule has 6 heteroatoms. The molecular formula is C25H29N5O. The van der Waals surface area contributed by atoms with E-state index in [1.165, 1.54) is 24.8 Å². The zero-order valence-electron chi connectivity index (χ0n) is 18.4. The summed E-state index contributed by atoms with van der Waals surface area (Å²) in [5.74, 6) is 1.46. The zero-order valence-corrected chi connectivity index (χ0v) is 18.4. The van der Waals surface area contributed by atoms with Gasteiger partial charge < -0.3 is 15.5 Å². The van der Waals surface area contributed by atoms with E-state index in [2.05, 4.69) is 20.5 Å². The van der Waals surface area contributed by atoms with Crippen LogP contribution in [0, 0.1) is 20.8 Å². The number of hydrogen-bond donors (Lipinski definition) is 2. The van der Waals surface area contributed by atoms with Gasteiger partial charge in [-0.05, 0) is 87.6 Å². The van der Waals surface area contributed by atoms with E-state index in [0.717, 1.165) is 47.5 Å². The summed E-state index contributed by atoms with van der Waals surface area (Å²) >= 11 is 0. The summed E-state index contributed by atoms with van der Waals surface area (Å²) in [5, 5.41) is 6.32. The fourth-order valence-corrected chi connectivity index (χ4v) is 3.72. The van der Waals surface area contributed by atoms with E-state index in [0.29, 0.717) is 5.56 Å². The van der Waals surface area contributed by atoms with Gasteiger partial charge in [-0.25, -0.2) is 4.98 Å². The van der Waals surface area contributed by atoms with Crippen LogP contribution < -0.4 is 15.5 Å². The Bertz CT molecular complexity index is 1070. The van der Waals surface area contributed by atoms with Crippen LogP contribution in [0.3, 0.4) is 0 Å². The molecule has 0 spiro atoms. The van der Waals surface area contributed by atoms with E-state index in [4.69, 9.17) is 4.98 Å². The maximum Gasteiger partial charge on any atom is 0.255 e. The van der Waals surface area contributed by atoms with Crippen molar-refractivity contribution in [3.05, 3.63) is 70.9 Å². The lowest BCUT2D eigenvalue weighted by Crippen LogP contribution is -2.31. The van der Waals surface area contributed by atoms with Gasteiger partial charge >= 0.3 is 0 Å². The first kappa shape index (κ1) is 20.8. The molecule has 160 valence electrons. The third-order valence-corrected chi connectivity index (χ3v) is 5.67. The molecule has 3 aromatic rings. The van der Waals surface area contributed by atoms with Crippen molar-refractivity contribution in [3.8, 4) is 0 Å². The molecule has 0 unspecified atom stereocenters. The average Bonchev–Trinajstić information content (AvgIpc) is 2.77. The summed E-state index contributed by atoms with van der Waals surface area (Å²) in [6, 6.07) is 15.3. The van der Waals surface area contributed by atoms with Crippen LogP contribution in [0.5, 0.6) is 0 Å². The van der Waals surface area contributed by atoms with Crippen LogP contribution in [0.4, 0.5) is 23.1 Å². The topological polar surface area (TPSA) is 70.2 Å². The Labute approximate surface area is 183 Å². The van der Waals surface area contributed by atoms with Crippen molar-refractivity contribution in [2.24, 2.45) is 0 Å². The van der Waals surface area contributed by atoms with E-state index < -0.39 is 0 Å². The number of piperidine rings is 1. The second-order valence-corrected chi connectivity index (χ2v) is 8.20. The van der Waals surface area contributed by atoms with Crippen molar-refractivity contribution in [1.82, 2.24) is 9.97 Å². The molecule has 1 aliphatic rings. The van der Waals surface area contributed by atoms with Gasteiger partial charge in [-0.3, -0.25) is 4.79 Å². The zero-order chi connectivity index (χ0) is 21.8. The maximum atomic E-state index is 12.5. The van der Waals surface area contributed by atoms with Crippen LogP contribution in [-0.2, 0) is 0 Å². The Morgan fingerprint density at radius 2 is 1.55 bits per heavy atom. The Balaban J connectivity index is 1.43. The fourth-order valence-electron chi connectivity index (χ4n) is 3.72. The summed E-state index contributed by atoms with van der Waals surface area (Å²) in [4.78, 5) is 24.1. The molecule has 6 nitrogen and oxygen atoms in total. The summed E-state index contributed by atoms with van der Waals surface area (Å²) < 4.78 is 0. The molecular weight excluding hydrogens is 386 g/mol. The Hall–Kier alpha value is -3.41. The van der Waals surface area contributed by atoms with Crippen LogP contribution in [0.1, 0.15) is 46.4 Å². The molecule has 1 fully saturated rings. The Morgan fingerprint density at radius 1 is 0.839 bits per heavy atom. The molecule has 1 saturated heterocycles. The number of nitrogens with zero attached hydrogens (tertiary/aromatic N) is 3. The number of carbonyl (C=O) groups excluding carboxylic acids is 1. The highest BCUT2D eigenvalue weighted by molar-refractivity contribution is 6.04. The third-order valence-electron chi connectivity index (χ3n) is 5.67. The van der Waals surface area contributed by atoms with Gasteiger partial charge in [0.2, 0.25) is 5.95 Å². The second kappa shape index (κ2) is 9.16. The number of aromatic nitrogens is 2. The summed E-state index contributed by atoms with van der Waals surface area (Å²) in [6.45, 7) is 8.07. The summed E-state index contributed by atoms with van der Waals surface area (Å²) in [5.41, 5.74) is 5.54. The van der Waals surface area contributed by atoms with Crippen LogP contribution in [-0.4, -0.2) is 29.0 Å². The summed E-state index contributed by atoms with van der Waals surface area (Å²) in [6.07, 6.45) is 3.66. The molecule has 0 bridgehead atoms. The Morgan fingerprint density at radius 3 is 2.26 bits per heavy atom. The molecule has 31 heavy (non-hydrogen) atoms. The highest BCUT2D eigenvalue weighted by atomic mass is 16.1. The highest BCUT2D eigenvalue weighted by Gasteiger charge is 2.15. The molecule has 1 aliphatic heterocycles. The number of rotatable bonds is 5. The van der Waals surface area contributed by atoms with Gasteiger partial charge in [0.15, 0.2) is 0 Å². The number of aryl methyl sites for hydroxylation is 3. The SMILES string of the molecule is Cc1cc(Nc2ccc(NC(=O)c3ccc(C)c(C)c3)cc2)nc(N2CCCCC2)n1. The molecule has 1 aromatic heterocycles. The van der Waals surface area contributed by atoms with Gasteiger partial charge in [0.05, 0.1) is 0 Å².